The zero-order chi connectivity index (χ0) is 17.8. The molecule has 3 N–H and O–H groups in total. The molecule has 1 atom stereocenters. The van der Waals surface area contributed by atoms with E-state index < -0.39 is 14.6 Å². The van der Waals surface area contributed by atoms with Crippen LogP contribution in [0.2, 0.25) is 6.55 Å². The van der Waals surface area contributed by atoms with Gasteiger partial charge in [0.15, 0.2) is 0 Å². The second-order valence-corrected chi connectivity index (χ2v) is 9.08. The summed E-state index contributed by atoms with van der Waals surface area (Å²) in [5, 5.41) is 4.60. The Labute approximate surface area is 144 Å². The Bertz CT molecular complexity index is 1020. The molecule has 0 aliphatic carbocycles. The van der Waals surface area contributed by atoms with Gasteiger partial charge in [0.1, 0.15) is 11.7 Å². The number of carbonyl (C=O) groups excluding carboxylic acids is 2. The molecular weight excluding hydrogens is 338 g/mol. The van der Waals surface area contributed by atoms with Crippen LogP contribution in [0.25, 0.3) is 21.9 Å². The van der Waals surface area contributed by atoms with Crippen LogP contribution in [0.3, 0.4) is 0 Å². The van der Waals surface area contributed by atoms with Gasteiger partial charge in [-0.15, -0.1) is 0 Å². The minimum absolute atomic E-state index is 0.260. The van der Waals surface area contributed by atoms with E-state index in [0.717, 1.165) is 10.8 Å². The lowest BCUT2D eigenvalue weighted by atomic mass is 10.1. The Morgan fingerprint density at radius 1 is 1.24 bits per heavy atom. The second kappa shape index (κ2) is 5.48. The Balaban J connectivity index is 2.02. The molecule has 1 fully saturated rings. The summed E-state index contributed by atoms with van der Waals surface area (Å²) < 4.78 is 1.80. The van der Waals surface area contributed by atoms with Crippen molar-refractivity contribution in [1.82, 2.24) is 14.9 Å². The van der Waals surface area contributed by atoms with Crippen LogP contribution in [0.4, 0.5) is 0 Å². The summed E-state index contributed by atoms with van der Waals surface area (Å²) >= 11 is 0. The van der Waals surface area contributed by atoms with Gasteiger partial charge >= 0.3 is 8.56 Å². The van der Waals surface area contributed by atoms with E-state index in [1.54, 1.807) is 22.9 Å². The highest BCUT2D eigenvalue weighted by atomic mass is 28.4. The molecule has 0 saturated carbocycles. The monoisotopic (exact) mass is 355 g/mol. The first-order valence-electron chi connectivity index (χ1n) is 8.04. The number of fused-ring (bicyclic) bond motifs is 3. The normalized spacial score (nSPS) is 18.8. The number of hydrogen-bond donors (Lipinski definition) is 3. The van der Waals surface area contributed by atoms with E-state index >= 15 is 0 Å². The molecule has 3 aromatic rings. The molecule has 1 aliphatic rings. The number of imide groups is 1. The number of amides is 2. The lowest BCUT2D eigenvalue weighted by Crippen LogP contribution is -2.45. The molecule has 7 nitrogen and oxygen atoms in total. The van der Waals surface area contributed by atoms with Crippen LogP contribution < -0.4 is 10.5 Å². The predicted molar refractivity (Wildman–Crippen MR) is 94.3 cm³/mol. The first-order chi connectivity index (χ1) is 11.9. The summed E-state index contributed by atoms with van der Waals surface area (Å²) in [5.74, 6) is -0.638. The maximum Gasteiger partial charge on any atom is 0.363 e. The van der Waals surface area contributed by atoms with Gasteiger partial charge in [-0.2, -0.15) is 0 Å². The third kappa shape index (κ3) is 2.55. The van der Waals surface area contributed by atoms with E-state index in [2.05, 4.69) is 10.3 Å². The van der Waals surface area contributed by atoms with E-state index in [4.69, 9.17) is 0 Å². The smallest absolute Gasteiger partial charge is 0.363 e. The number of piperidine rings is 1. The molecule has 2 aromatic heterocycles. The van der Waals surface area contributed by atoms with Gasteiger partial charge < -0.3 is 14.2 Å². The van der Waals surface area contributed by atoms with Gasteiger partial charge in [0.05, 0.1) is 5.52 Å². The van der Waals surface area contributed by atoms with Crippen LogP contribution in [0.5, 0.6) is 0 Å². The van der Waals surface area contributed by atoms with Crippen molar-refractivity contribution in [3.05, 3.63) is 36.5 Å². The molecule has 1 saturated heterocycles. The number of aromatic nitrogens is 2. The summed E-state index contributed by atoms with van der Waals surface area (Å²) in [6.07, 6.45) is 2.30. The standard InChI is InChI=1S/C17H17N3O4Si/c1-25(23,24)10-4-5-11-12-3-2-8-18-16(12)20(14(11)9-10)13-6-7-15(21)19-17(13)22/h2-5,8-9,13,23-24H,6-7H2,1H3,(H,19,21,22). The Kier molecular flexibility index (Phi) is 3.50. The van der Waals surface area contributed by atoms with E-state index in [0.29, 0.717) is 22.8 Å². The molecule has 25 heavy (non-hydrogen) atoms. The zero-order valence-electron chi connectivity index (χ0n) is 13.6. The van der Waals surface area contributed by atoms with E-state index in [1.807, 2.05) is 18.2 Å². The molecule has 0 spiro atoms. The van der Waals surface area contributed by atoms with Gasteiger partial charge in [0.2, 0.25) is 11.8 Å². The fraction of sp³-hybridized carbons (Fsp3) is 0.235. The Morgan fingerprint density at radius 2 is 2.04 bits per heavy atom. The van der Waals surface area contributed by atoms with Crippen molar-refractivity contribution in [1.29, 1.82) is 0 Å². The first-order valence-corrected chi connectivity index (χ1v) is 10.4. The van der Waals surface area contributed by atoms with Crippen LogP contribution in [-0.4, -0.2) is 39.5 Å². The molecule has 3 heterocycles. The third-order valence-electron chi connectivity index (χ3n) is 4.63. The van der Waals surface area contributed by atoms with E-state index in [-0.39, 0.29) is 18.2 Å². The highest BCUT2D eigenvalue weighted by Gasteiger charge is 2.32. The largest absolute Gasteiger partial charge is 0.408 e. The summed E-state index contributed by atoms with van der Waals surface area (Å²) in [6.45, 7) is 1.42. The molecule has 2 amide bonds. The molecule has 8 heteroatoms. The quantitative estimate of drug-likeness (QED) is 0.457. The minimum atomic E-state index is -3.49. The van der Waals surface area contributed by atoms with E-state index in [9.17, 15) is 19.2 Å². The van der Waals surface area contributed by atoms with Crippen LogP contribution in [0.1, 0.15) is 18.9 Å². The van der Waals surface area contributed by atoms with Crippen molar-refractivity contribution in [3.63, 3.8) is 0 Å². The summed E-state index contributed by atoms with van der Waals surface area (Å²) in [7, 11) is -3.49. The topological polar surface area (TPSA) is 104 Å². The van der Waals surface area contributed by atoms with Crippen molar-refractivity contribution in [2.45, 2.75) is 25.4 Å². The second-order valence-electron chi connectivity index (χ2n) is 6.46. The summed E-state index contributed by atoms with van der Waals surface area (Å²) in [4.78, 5) is 48.4. The van der Waals surface area contributed by atoms with Crippen molar-refractivity contribution in [3.8, 4) is 0 Å². The van der Waals surface area contributed by atoms with E-state index in [1.165, 1.54) is 6.55 Å². The minimum Gasteiger partial charge on any atom is -0.408 e. The highest BCUT2D eigenvalue weighted by Crippen LogP contribution is 2.33. The fourth-order valence-electron chi connectivity index (χ4n) is 3.41. The molecule has 1 aromatic carbocycles. The van der Waals surface area contributed by atoms with Crippen molar-refractivity contribution >= 4 is 47.5 Å². The van der Waals surface area contributed by atoms with Crippen LogP contribution in [0.15, 0.2) is 36.5 Å². The molecule has 1 aliphatic heterocycles. The Hall–Kier alpha value is -2.55. The number of nitrogens with one attached hydrogen (secondary N) is 1. The van der Waals surface area contributed by atoms with Crippen LogP contribution in [-0.2, 0) is 9.59 Å². The van der Waals surface area contributed by atoms with Gasteiger partial charge in [0, 0.05) is 23.4 Å². The maximum atomic E-state index is 12.4. The van der Waals surface area contributed by atoms with Gasteiger partial charge in [-0.05, 0) is 36.4 Å². The fourth-order valence-corrected chi connectivity index (χ4v) is 4.22. The molecule has 4 rings (SSSR count). The average molecular weight is 355 g/mol. The lowest BCUT2D eigenvalue weighted by molar-refractivity contribution is -0.135. The average Bonchev–Trinajstić information content (AvgIpc) is 2.88. The van der Waals surface area contributed by atoms with Gasteiger partial charge in [-0.3, -0.25) is 14.9 Å². The molecule has 0 bridgehead atoms. The predicted octanol–water partition coefficient (Wildman–Crippen LogP) is 0.431. The van der Waals surface area contributed by atoms with Crippen molar-refractivity contribution in [2.75, 3.05) is 0 Å². The molecule has 0 radical (unpaired) electrons. The molecular formula is C17H17N3O4Si. The van der Waals surface area contributed by atoms with Gasteiger partial charge in [0.25, 0.3) is 0 Å². The molecule has 128 valence electrons. The Morgan fingerprint density at radius 3 is 2.76 bits per heavy atom. The van der Waals surface area contributed by atoms with Crippen molar-refractivity contribution < 1.29 is 19.2 Å². The number of rotatable bonds is 2. The number of hydrogen-bond acceptors (Lipinski definition) is 5. The van der Waals surface area contributed by atoms with Crippen LogP contribution in [0, 0.1) is 0 Å². The van der Waals surface area contributed by atoms with Gasteiger partial charge in [-0.1, -0.05) is 12.1 Å². The number of carbonyl (C=O) groups is 2. The zero-order valence-corrected chi connectivity index (χ0v) is 14.6. The SMILES string of the molecule is C[Si](O)(O)c1ccc2c3cccnc3n(C3CCC(=O)NC3=O)c2c1. The molecule has 1 unspecified atom stereocenters. The highest BCUT2D eigenvalue weighted by molar-refractivity contribution is 6.77. The summed E-state index contributed by atoms with van der Waals surface area (Å²) in [6, 6.07) is 8.42. The number of nitrogens with zero attached hydrogens (tertiary/aromatic N) is 2. The van der Waals surface area contributed by atoms with Crippen molar-refractivity contribution in [2.24, 2.45) is 0 Å². The maximum absolute atomic E-state index is 12.4. The van der Waals surface area contributed by atoms with Gasteiger partial charge in [-0.25, -0.2) is 4.98 Å². The number of pyridine rings is 1. The first kappa shape index (κ1) is 15.9. The lowest BCUT2D eigenvalue weighted by Gasteiger charge is -2.24. The third-order valence-corrected chi connectivity index (χ3v) is 6.04. The summed E-state index contributed by atoms with van der Waals surface area (Å²) in [5.41, 5.74) is 1.35. The van der Waals surface area contributed by atoms with Crippen LogP contribution >= 0.6 is 0 Å². The number of benzene rings is 1.